The van der Waals surface area contributed by atoms with Crippen LogP contribution in [-0.4, -0.2) is 46.5 Å². The molecule has 1 amide bonds. The number of aromatic amines is 1. The number of anilines is 2. The van der Waals surface area contributed by atoms with Gasteiger partial charge in [0.2, 0.25) is 5.91 Å². The summed E-state index contributed by atoms with van der Waals surface area (Å²) in [5.74, 6) is -0.236. The lowest BCUT2D eigenvalue weighted by molar-refractivity contribution is -0.133. The molecule has 1 saturated heterocycles. The third kappa shape index (κ3) is 4.23. The van der Waals surface area contributed by atoms with Gasteiger partial charge in [0.05, 0.1) is 16.8 Å². The van der Waals surface area contributed by atoms with Gasteiger partial charge in [0.1, 0.15) is 11.5 Å². The molecular formula is C24H25ClFN5O. The second-order valence-corrected chi connectivity index (χ2v) is 8.73. The highest BCUT2D eigenvalue weighted by molar-refractivity contribution is 6.31. The molecule has 4 heterocycles. The summed E-state index contributed by atoms with van der Waals surface area (Å²) in [5, 5.41) is 7.66. The second-order valence-electron chi connectivity index (χ2n) is 8.32. The lowest BCUT2D eigenvalue weighted by Crippen LogP contribution is -2.49. The number of nitrogens with zero attached hydrogens (tertiary/aromatic N) is 2. The van der Waals surface area contributed by atoms with Crippen LogP contribution in [0.25, 0.3) is 16.6 Å². The minimum absolute atomic E-state index is 0.0374. The van der Waals surface area contributed by atoms with Crippen molar-refractivity contribution >= 4 is 45.5 Å². The molecule has 0 saturated carbocycles. The molecule has 2 aliphatic rings. The van der Waals surface area contributed by atoms with E-state index in [1.165, 1.54) is 11.6 Å². The fourth-order valence-corrected chi connectivity index (χ4v) is 4.62. The number of carbonyl (C=O) groups is 1. The molecule has 0 radical (unpaired) electrons. The number of fused-ring (bicyclic) bond motifs is 1. The lowest BCUT2D eigenvalue weighted by atomic mass is 10.0. The maximum atomic E-state index is 13.5. The maximum Gasteiger partial charge on any atom is 0.239 e. The zero-order valence-corrected chi connectivity index (χ0v) is 18.4. The van der Waals surface area contributed by atoms with Crippen molar-refractivity contribution in [1.82, 2.24) is 20.2 Å². The Hall–Kier alpha value is -2.90. The van der Waals surface area contributed by atoms with Crippen LogP contribution in [0.4, 0.5) is 15.8 Å². The van der Waals surface area contributed by atoms with Crippen LogP contribution in [-0.2, 0) is 4.79 Å². The minimum Gasteiger partial charge on any atom is -0.355 e. The third-order valence-electron chi connectivity index (χ3n) is 6.21. The summed E-state index contributed by atoms with van der Waals surface area (Å²) >= 11 is 5.91. The smallest absolute Gasteiger partial charge is 0.239 e. The summed E-state index contributed by atoms with van der Waals surface area (Å²) in [6.45, 7) is 2.26. The van der Waals surface area contributed by atoms with Crippen molar-refractivity contribution < 1.29 is 9.18 Å². The number of rotatable bonds is 4. The van der Waals surface area contributed by atoms with E-state index in [1.54, 1.807) is 18.3 Å². The summed E-state index contributed by atoms with van der Waals surface area (Å²) in [6.07, 6.45) is 7.83. The predicted octanol–water partition coefficient (Wildman–Crippen LogP) is 4.86. The van der Waals surface area contributed by atoms with Crippen LogP contribution in [0.15, 0.2) is 42.6 Å². The van der Waals surface area contributed by atoms with Crippen LogP contribution in [0.2, 0.25) is 5.02 Å². The van der Waals surface area contributed by atoms with E-state index in [1.807, 2.05) is 11.0 Å². The number of aromatic nitrogens is 2. The average Bonchev–Trinajstić information content (AvgIpc) is 3.27. The maximum absolute atomic E-state index is 13.5. The number of carbonyl (C=O) groups excluding carboxylic acids is 1. The Labute approximate surface area is 190 Å². The molecule has 2 aliphatic heterocycles. The van der Waals surface area contributed by atoms with Crippen molar-refractivity contribution in [3.05, 3.63) is 59.1 Å². The second kappa shape index (κ2) is 8.92. The molecule has 8 heteroatoms. The van der Waals surface area contributed by atoms with Gasteiger partial charge in [-0.2, -0.15) is 0 Å². The van der Waals surface area contributed by atoms with Gasteiger partial charge in [0, 0.05) is 36.1 Å². The topological polar surface area (TPSA) is 73.1 Å². The van der Waals surface area contributed by atoms with E-state index >= 15 is 0 Å². The molecule has 2 aromatic heterocycles. The fraction of sp³-hybridized carbons (Fsp3) is 0.333. The number of amides is 1. The van der Waals surface area contributed by atoms with Crippen LogP contribution in [0.1, 0.15) is 31.4 Å². The quantitative estimate of drug-likeness (QED) is 0.527. The van der Waals surface area contributed by atoms with Crippen molar-refractivity contribution in [2.24, 2.45) is 0 Å². The Kier molecular flexibility index (Phi) is 5.85. The van der Waals surface area contributed by atoms with Gasteiger partial charge in [0.25, 0.3) is 0 Å². The summed E-state index contributed by atoms with van der Waals surface area (Å²) < 4.78 is 13.5. The molecule has 1 fully saturated rings. The van der Waals surface area contributed by atoms with Gasteiger partial charge in [-0.1, -0.05) is 24.1 Å². The monoisotopic (exact) mass is 453 g/mol. The molecule has 32 heavy (non-hydrogen) atoms. The molecule has 5 rings (SSSR count). The molecule has 1 aromatic carbocycles. The minimum atomic E-state index is -0.447. The van der Waals surface area contributed by atoms with Gasteiger partial charge in [-0.15, -0.1) is 0 Å². The van der Waals surface area contributed by atoms with Gasteiger partial charge in [0.15, 0.2) is 0 Å². The van der Waals surface area contributed by atoms with Crippen molar-refractivity contribution in [3.63, 3.8) is 0 Å². The highest BCUT2D eigenvalue weighted by atomic mass is 35.5. The summed E-state index contributed by atoms with van der Waals surface area (Å²) in [4.78, 5) is 22.6. The highest BCUT2D eigenvalue weighted by Gasteiger charge is 2.27. The third-order valence-corrected chi connectivity index (χ3v) is 6.50. The van der Waals surface area contributed by atoms with Gasteiger partial charge < -0.3 is 20.5 Å². The number of pyridine rings is 1. The first-order valence-corrected chi connectivity index (χ1v) is 11.4. The summed E-state index contributed by atoms with van der Waals surface area (Å²) in [6, 6.07) is 8.47. The van der Waals surface area contributed by atoms with Crippen LogP contribution < -0.4 is 10.6 Å². The zero-order valence-electron chi connectivity index (χ0n) is 17.6. The lowest BCUT2D eigenvalue weighted by Gasteiger charge is -2.32. The van der Waals surface area contributed by atoms with Gasteiger partial charge in [-0.05, 0) is 61.7 Å². The normalized spacial score (nSPS) is 19.1. The van der Waals surface area contributed by atoms with Crippen LogP contribution in [0.5, 0.6) is 0 Å². The largest absolute Gasteiger partial charge is 0.355 e. The van der Waals surface area contributed by atoms with Crippen LogP contribution >= 0.6 is 11.6 Å². The van der Waals surface area contributed by atoms with Crippen molar-refractivity contribution in [1.29, 1.82) is 0 Å². The fourth-order valence-electron chi connectivity index (χ4n) is 4.44. The molecule has 1 atom stereocenters. The molecule has 0 unspecified atom stereocenters. The number of piperidine rings is 1. The van der Waals surface area contributed by atoms with E-state index in [4.69, 9.17) is 11.6 Å². The molecule has 3 aromatic rings. The number of H-pyrrole nitrogens is 1. The van der Waals surface area contributed by atoms with Crippen molar-refractivity contribution in [2.45, 2.75) is 31.7 Å². The van der Waals surface area contributed by atoms with E-state index in [-0.39, 0.29) is 17.0 Å². The Morgan fingerprint density at radius 1 is 1.25 bits per heavy atom. The van der Waals surface area contributed by atoms with E-state index in [2.05, 4.69) is 32.7 Å². The molecule has 3 N–H and O–H groups in total. The zero-order chi connectivity index (χ0) is 22.1. The van der Waals surface area contributed by atoms with E-state index < -0.39 is 5.82 Å². The number of hydrogen-bond donors (Lipinski definition) is 3. The standard InChI is InChI=1S/C24H25ClFN5O/c25-18-13-16(4-5-19(18)26)29-20-6-10-28-23-17(20)14-22(30-23)15-7-11-31(12-8-15)24(32)21-3-1-2-9-27-21/h4-7,10,13-14,21,27H,1-3,8-9,11-12H2,(H2,28,29,30)/t21-/m0/s1. The van der Waals surface area contributed by atoms with E-state index in [0.717, 1.165) is 54.6 Å². The number of hydrogen-bond acceptors (Lipinski definition) is 4. The van der Waals surface area contributed by atoms with E-state index in [0.29, 0.717) is 18.8 Å². The molecule has 0 spiro atoms. The number of benzene rings is 1. The molecule has 166 valence electrons. The highest BCUT2D eigenvalue weighted by Crippen LogP contribution is 2.31. The first-order valence-electron chi connectivity index (χ1n) is 11.0. The Morgan fingerprint density at radius 3 is 2.91 bits per heavy atom. The average molecular weight is 454 g/mol. The van der Waals surface area contributed by atoms with E-state index in [9.17, 15) is 9.18 Å². The van der Waals surface area contributed by atoms with Crippen LogP contribution in [0.3, 0.4) is 0 Å². The number of nitrogens with one attached hydrogen (secondary N) is 3. The Morgan fingerprint density at radius 2 is 2.16 bits per heavy atom. The number of halogens is 2. The van der Waals surface area contributed by atoms with Gasteiger partial charge >= 0.3 is 0 Å². The van der Waals surface area contributed by atoms with Crippen molar-refractivity contribution in [2.75, 3.05) is 25.0 Å². The van der Waals surface area contributed by atoms with Gasteiger partial charge in [-0.25, -0.2) is 9.37 Å². The predicted molar refractivity (Wildman–Crippen MR) is 126 cm³/mol. The molecular weight excluding hydrogens is 429 g/mol. The first-order chi connectivity index (χ1) is 15.6. The summed E-state index contributed by atoms with van der Waals surface area (Å²) in [5.41, 5.74) is 4.51. The van der Waals surface area contributed by atoms with Crippen molar-refractivity contribution in [3.8, 4) is 0 Å². The molecule has 0 bridgehead atoms. The Bertz CT molecular complexity index is 1180. The SMILES string of the molecule is O=C([C@@H]1CCCCN1)N1CC=C(c2cc3c(Nc4ccc(F)c(Cl)c4)ccnc3[nH]2)CC1. The Balaban J connectivity index is 1.34. The van der Waals surface area contributed by atoms with Crippen LogP contribution in [0, 0.1) is 5.82 Å². The first kappa shape index (κ1) is 21.0. The van der Waals surface area contributed by atoms with Gasteiger partial charge in [-0.3, -0.25) is 4.79 Å². The molecule has 6 nitrogen and oxygen atoms in total. The molecule has 0 aliphatic carbocycles. The summed E-state index contributed by atoms with van der Waals surface area (Å²) in [7, 11) is 0.